The van der Waals surface area contributed by atoms with Crippen LogP contribution < -0.4 is 37.4 Å². The number of nitrogens with one attached hydrogen (secondary N) is 1. The Balaban J connectivity index is 0.000000163. The van der Waals surface area contributed by atoms with Gasteiger partial charge in [0.1, 0.15) is 30.3 Å². The van der Waals surface area contributed by atoms with Gasteiger partial charge in [-0.1, -0.05) is 194 Å². The summed E-state index contributed by atoms with van der Waals surface area (Å²) in [6, 6.07) is 63.4. The number of aromatic amines is 1. The van der Waals surface area contributed by atoms with E-state index < -0.39 is 30.0 Å². The van der Waals surface area contributed by atoms with Gasteiger partial charge >= 0.3 is 52.3 Å². The molecule has 648 valence electrons. The zero-order chi connectivity index (χ0) is 88.0. The number of benzene rings is 8. The Morgan fingerprint density at radius 2 is 1.15 bits per heavy atom. The van der Waals surface area contributed by atoms with Gasteiger partial charge in [-0.05, 0) is 232 Å². The van der Waals surface area contributed by atoms with E-state index >= 15 is 0 Å². The molecule has 15 rings (SSSR count). The Bertz CT molecular complexity index is 5380. The number of methoxy groups -OCH3 is 2. The zero-order valence-corrected chi connectivity index (χ0v) is 77.6. The molecule has 4 aromatic heterocycles. The fourth-order valence-corrected chi connectivity index (χ4v) is 19.2. The Kier molecular flexibility index (Phi) is 34.5. The molecule has 0 atom stereocenters. The van der Waals surface area contributed by atoms with Gasteiger partial charge in [-0.25, -0.2) is 14.4 Å². The third-order valence-corrected chi connectivity index (χ3v) is 26.3. The molecule has 1 aliphatic heterocycles. The molecule has 2 aliphatic carbocycles. The average Bonchev–Trinajstić information content (AvgIpc) is 1.42. The predicted octanol–water partition coefficient (Wildman–Crippen LogP) is 20.2. The molecule has 0 radical (unpaired) electrons. The first kappa shape index (κ1) is 94.9. The van der Waals surface area contributed by atoms with Crippen LogP contribution in [-0.2, 0) is 58.5 Å². The molecule has 5 heterocycles. The molecule has 1 saturated heterocycles. The number of nitrogens with two attached hydrogens (primary N) is 1. The Morgan fingerprint density at radius 3 is 1.61 bits per heavy atom. The second-order valence-electron chi connectivity index (χ2n) is 33.7. The first-order valence-electron chi connectivity index (χ1n) is 41.8. The van der Waals surface area contributed by atoms with Gasteiger partial charge in [-0.2, -0.15) is 24.2 Å². The van der Waals surface area contributed by atoms with Gasteiger partial charge in [0.25, 0.3) is 0 Å². The summed E-state index contributed by atoms with van der Waals surface area (Å²) < 4.78 is 35.1. The molecule has 12 aromatic rings. The number of nitrogen functional groups attached to an aromatic ring is 1. The number of nitrogens with zero attached hydrogens (tertiary/aromatic N) is 9. The number of para-hydroxylation sites is 1. The molecule has 3 fully saturated rings. The topological polar surface area (TPSA) is 256 Å². The standard InChI is InChI=1S/C33H49P.C20H19N5O3.C17H16BrN3O3.C14H23BN2O4.C12H10N.ClH.Pd/c1-23(2)27-21-31(24(3)4)33(32(22-27)25(5)6)26-14-13-19-30(20-26)34(28-15-9-7-10-16-28)29-17-11-8-12-18-29;1-28-18-4-2-3-14(9-18)12-24-19(13-26)23-25(20(24)27)17-7-5-15(6-8-17)16-10-21-22-11-16;1-24-15-4-2-3-12(9-15)10-20-16(11-22)19-21(17(20)23)14-7-5-13(18)6-8-14;1-12(2,3)19-11(18)17-9-10(8-16-17)15-20-13(4,5)14(6,7)21-15;13-12-9-5-4-8-11(12)10-6-2-1-3-7-10;;/h13-14,19-25,28-29H,7-12,15-18H2,1-6H3;2-11,26H,12-13H2,1H3,(H,21,22);2-9,22H,10-11H2,1H3;8-9H,1-7H3;1-6,8-9H,13H2;1H;/q;;;;-1;;+2/p-1. The van der Waals surface area contributed by atoms with Gasteiger partial charge in [0.2, 0.25) is 0 Å². The molecule has 0 amide bonds. The number of ether oxygens (including phenoxy) is 3. The van der Waals surface area contributed by atoms with Gasteiger partial charge < -0.3 is 39.5 Å². The first-order valence-corrected chi connectivity index (χ1v) is 46.1. The summed E-state index contributed by atoms with van der Waals surface area (Å²) in [6.45, 7) is 27.5. The maximum absolute atomic E-state index is 12.9. The SMILES string of the molecule is CC(C)(C)OC(=O)n1cc(B2OC(C)(C)C(C)(C)O2)cn1.CC(C)c1cc(C(C)C)c(-c2cccc(P(C3CCCCC3)C3CCCCC3)c2)c(C(C)C)c1.COc1cccc(Cn2c(CO)nn(-c3ccc(-c4cn[nH]c4)cc3)c2=O)c1.COc1cccc(Cn2c(CO)nn(-c3ccc(Br)cc3)c2=O)c1.Nc1ccccc1-c1[c-]cccc1.[Cl][Pd+]. The van der Waals surface area contributed by atoms with Gasteiger partial charge in [-0.15, -0.1) is 46.1 Å². The number of halogens is 2. The summed E-state index contributed by atoms with van der Waals surface area (Å²) >= 11 is 5.59. The average molecular weight is 1850 g/mol. The molecular formula is C96H117BBrClN11O10PPd. The fourth-order valence-electron chi connectivity index (χ4n) is 15.2. The van der Waals surface area contributed by atoms with E-state index in [4.69, 9.17) is 29.3 Å². The van der Waals surface area contributed by atoms with Crippen LogP contribution in [0.25, 0.3) is 44.8 Å². The second-order valence-corrected chi connectivity index (χ2v) is 37.4. The van der Waals surface area contributed by atoms with E-state index in [0.29, 0.717) is 70.8 Å². The molecule has 5 N–H and O–H groups in total. The summed E-state index contributed by atoms with van der Waals surface area (Å²) in [5, 5.41) is 40.2. The molecule has 3 aliphatic rings. The molecule has 21 nitrogen and oxygen atoms in total. The summed E-state index contributed by atoms with van der Waals surface area (Å²) in [4.78, 5) is 37.6. The van der Waals surface area contributed by atoms with E-state index in [-0.39, 0.29) is 32.5 Å². The number of aliphatic hydroxyl groups excluding tert-OH is 2. The van der Waals surface area contributed by atoms with Crippen LogP contribution in [0.1, 0.15) is 211 Å². The third-order valence-electron chi connectivity index (χ3n) is 22.3. The van der Waals surface area contributed by atoms with E-state index in [1.807, 2.05) is 182 Å². The van der Waals surface area contributed by atoms with Crippen LogP contribution in [-0.4, -0.2) is 114 Å². The number of H-pyrrole nitrogens is 1. The Labute approximate surface area is 743 Å². The zero-order valence-electron chi connectivity index (χ0n) is 72.8. The summed E-state index contributed by atoms with van der Waals surface area (Å²) in [5.74, 6) is 3.67. The molecule has 0 bridgehead atoms. The number of aromatic nitrogens is 10. The minimum absolute atomic E-state index is 0.0651. The number of anilines is 1. The Hall–Kier alpha value is -9.30. The molecule has 8 aromatic carbocycles. The number of hydrogen-bond acceptors (Lipinski definition) is 15. The van der Waals surface area contributed by atoms with Crippen LogP contribution in [0.4, 0.5) is 10.5 Å². The van der Waals surface area contributed by atoms with E-state index in [0.717, 1.165) is 59.5 Å². The van der Waals surface area contributed by atoms with Crippen molar-refractivity contribution in [2.45, 2.75) is 226 Å². The summed E-state index contributed by atoms with van der Waals surface area (Å²) in [5.41, 5.74) is 21.9. The fraction of sp³-hybridized carbons (Fsp3) is 0.385. The van der Waals surface area contributed by atoms with Crippen molar-refractivity contribution in [2.24, 2.45) is 0 Å². The van der Waals surface area contributed by atoms with E-state index in [1.165, 1.54) is 93.8 Å². The van der Waals surface area contributed by atoms with Crippen molar-refractivity contribution >= 4 is 63.0 Å². The molecule has 0 spiro atoms. The monoisotopic (exact) mass is 1850 g/mol. The molecule has 2 saturated carbocycles. The number of carbonyl (C=O) groups excluding carboxylic acids is 1. The number of rotatable bonds is 20. The van der Waals surface area contributed by atoms with Crippen molar-refractivity contribution in [2.75, 3.05) is 20.0 Å². The van der Waals surface area contributed by atoms with Crippen LogP contribution in [0, 0.1) is 6.07 Å². The quantitative estimate of drug-likeness (QED) is 0.0239. The van der Waals surface area contributed by atoms with Crippen molar-refractivity contribution in [1.29, 1.82) is 0 Å². The molecule has 122 heavy (non-hydrogen) atoms. The van der Waals surface area contributed by atoms with E-state index in [1.54, 1.807) is 73.1 Å². The number of hydrogen-bond donors (Lipinski definition) is 4. The Morgan fingerprint density at radius 1 is 0.639 bits per heavy atom. The third kappa shape index (κ3) is 24.8. The minimum atomic E-state index is -0.562. The van der Waals surface area contributed by atoms with Crippen molar-refractivity contribution in [3.8, 4) is 56.3 Å². The summed E-state index contributed by atoms with van der Waals surface area (Å²) in [6.07, 6.45) is 20.8. The predicted molar refractivity (Wildman–Crippen MR) is 492 cm³/mol. The van der Waals surface area contributed by atoms with Crippen molar-refractivity contribution < 1.29 is 56.7 Å². The number of carbonyl (C=O) groups is 1. The first-order chi connectivity index (χ1) is 58.5. The van der Waals surface area contributed by atoms with Crippen molar-refractivity contribution in [3.05, 3.63) is 278 Å². The van der Waals surface area contributed by atoms with Crippen LogP contribution in [0.5, 0.6) is 11.5 Å². The van der Waals surface area contributed by atoms with Crippen molar-refractivity contribution in [3.63, 3.8) is 0 Å². The van der Waals surface area contributed by atoms with Crippen LogP contribution in [0.15, 0.2) is 221 Å². The second kappa shape index (κ2) is 44.3. The van der Waals surface area contributed by atoms with Gasteiger partial charge in [0.15, 0.2) is 11.6 Å². The van der Waals surface area contributed by atoms with Crippen molar-refractivity contribution in [1.82, 2.24) is 48.7 Å². The normalized spacial score (nSPS) is 14.5. The van der Waals surface area contributed by atoms with Gasteiger partial charge in [0, 0.05) is 34.1 Å². The number of aliphatic hydroxyl groups is 2. The van der Waals surface area contributed by atoms with E-state index in [2.05, 4.69) is 153 Å². The van der Waals surface area contributed by atoms with Crippen LogP contribution in [0.3, 0.4) is 0 Å². The maximum atomic E-state index is 12.9. The van der Waals surface area contributed by atoms with Crippen LogP contribution >= 0.6 is 33.4 Å². The van der Waals surface area contributed by atoms with E-state index in [9.17, 15) is 24.6 Å². The molecule has 26 heteroatoms. The van der Waals surface area contributed by atoms with Gasteiger partial charge in [0.05, 0.1) is 56.1 Å². The van der Waals surface area contributed by atoms with Crippen LogP contribution in [0.2, 0.25) is 0 Å². The molecular weight excluding hydrogens is 1730 g/mol. The molecule has 0 unspecified atom stereocenters. The van der Waals surface area contributed by atoms with Gasteiger partial charge in [-0.3, -0.25) is 14.2 Å². The summed E-state index contributed by atoms with van der Waals surface area (Å²) in [7, 11) is 7.07.